The summed E-state index contributed by atoms with van der Waals surface area (Å²) in [5.41, 5.74) is -0.103. The average Bonchev–Trinajstić information content (AvgIpc) is 2.49. The van der Waals surface area contributed by atoms with E-state index >= 15 is 0 Å². The summed E-state index contributed by atoms with van der Waals surface area (Å²) in [7, 11) is 1.48. The van der Waals surface area contributed by atoms with Crippen molar-refractivity contribution < 1.29 is 14.4 Å². The van der Waals surface area contributed by atoms with Gasteiger partial charge in [-0.3, -0.25) is 24.5 Å². The first-order valence-corrected chi connectivity index (χ1v) is 6.81. The molecule has 1 atom stereocenters. The largest absolute Gasteiger partial charge is 0.355 e. The van der Waals surface area contributed by atoms with Crippen LogP contribution >= 0.6 is 0 Å². The van der Waals surface area contributed by atoms with Crippen LogP contribution in [0.25, 0.3) is 0 Å². The monoisotopic (exact) mass is 293 g/mol. The quantitative estimate of drug-likeness (QED) is 0.762. The number of pyridine rings is 1. The molecule has 1 saturated heterocycles. The molecule has 1 aromatic heterocycles. The number of carbonyl (C=O) groups is 3. The van der Waals surface area contributed by atoms with Crippen LogP contribution in [0.1, 0.15) is 43.1 Å². The predicted molar refractivity (Wildman–Crippen MR) is 76.9 cm³/mol. The minimum Gasteiger partial charge on any atom is -0.355 e. The van der Waals surface area contributed by atoms with Crippen molar-refractivity contribution in [1.82, 2.24) is 15.2 Å². The van der Waals surface area contributed by atoms with Crippen LogP contribution in [0.15, 0.2) is 23.1 Å². The Labute approximate surface area is 122 Å². The highest BCUT2D eigenvalue weighted by atomic mass is 16.2. The van der Waals surface area contributed by atoms with Crippen molar-refractivity contribution in [3.63, 3.8) is 0 Å². The standard InChI is InChI=1S/C12H13N3O4.C2H6/c1-13-11(18)7-2-5-10(17)15(6-7)8-3-4-9(16)14-12(8)19;1-2/h2,5-6,8H,3-4H2,1H3,(H,13,18)(H,14,16,19);1-2H3. The Morgan fingerprint density at radius 3 is 2.52 bits per heavy atom. The molecule has 1 unspecified atom stereocenters. The lowest BCUT2D eigenvalue weighted by Gasteiger charge is -2.23. The number of rotatable bonds is 2. The first-order valence-electron chi connectivity index (χ1n) is 6.81. The molecule has 1 aliphatic rings. The van der Waals surface area contributed by atoms with Crippen LogP contribution in [-0.4, -0.2) is 29.3 Å². The third-order valence-electron chi connectivity index (χ3n) is 2.97. The molecule has 0 aromatic carbocycles. The van der Waals surface area contributed by atoms with Gasteiger partial charge in [-0.25, -0.2) is 0 Å². The number of aromatic nitrogens is 1. The summed E-state index contributed by atoms with van der Waals surface area (Å²) < 4.78 is 1.19. The maximum Gasteiger partial charge on any atom is 0.252 e. The van der Waals surface area contributed by atoms with Crippen LogP contribution in [-0.2, 0) is 9.59 Å². The zero-order valence-electron chi connectivity index (χ0n) is 12.3. The van der Waals surface area contributed by atoms with Gasteiger partial charge >= 0.3 is 0 Å². The number of imide groups is 1. The van der Waals surface area contributed by atoms with E-state index in [9.17, 15) is 19.2 Å². The Bertz CT molecular complexity index is 606. The highest BCUT2D eigenvalue weighted by Gasteiger charge is 2.28. The molecule has 2 N–H and O–H groups in total. The van der Waals surface area contributed by atoms with E-state index in [2.05, 4.69) is 10.6 Å². The molecule has 1 aliphatic heterocycles. The normalized spacial score (nSPS) is 17.4. The smallest absolute Gasteiger partial charge is 0.252 e. The summed E-state index contributed by atoms with van der Waals surface area (Å²) in [4.78, 5) is 46.1. The fraction of sp³-hybridized carbons (Fsp3) is 0.429. The second kappa shape index (κ2) is 7.37. The van der Waals surface area contributed by atoms with Crippen LogP contribution in [0.5, 0.6) is 0 Å². The first kappa shape index (κ1) is 16.6. The Balaban J connectivity index is 0.00000106. The summed E-state index contributed by atoms with van der Waals surface area (Å²) in [6, 6.07) is 1.87. The Kier molecular flexibility index (Phi) is 5.83. The van der Waals surface area contributed by atoms with Gasteiger partial charge in [-0.1, -0.05) is 13.8 Å². The van der Waals surface area contributed by atoms with Crippen LogP contribution in [0.3, 0.4) is 0 Å². The molecule has 1 aromatic rings. The van der Waals surface area contributed by atoms with E-state index in [1.165, 1.54) is 29.9 Å². The highest BCUT2D eigenvalue weighted by Crippen LogP contribution is 2.16. The molecule has 0 spiro atoms. The van der Waals surface area contributed by atoms with Gasteiger partial charge in [0.2, 0.25) is 11.8 Å². The second-order valence-electron chi connectivity index (χ2n) is 4.21. The zero-order valence-corrected chi connectivity index (χ0v) is 12.3. The fourth-order valence-corrected chi connectivity index (χ4v) is 1.97. The van der Waals surface area contributed by atoms with Gasteiger partial charge in [0, 0.05) is 25.7 Å². The molecule has 0 aliphatic carbocycles. The lowest BCUT2D eigenvalue weighted by Crippen LogP contribution is -2.44. The maximum atomic E-state index is 11.8. The molecule has 0 radical (unpaired) electrons. The van der Waals surface area contributed by atoms with Crippen molar-refractivity contribution in [2.45, 2.75) is 32.7 Å². The number of carbonyl (C=O) groups excluding carboxylic acids is 3. The molecule has 3 amide bonds. The molecule has 0 bridgehead atoms. The molecule has 1 fully saturated rings. The second-order valence-corrected chi connectivity index (χ2v) is 4.21. The van der Waals surface area contributed by atoms with Crippen molar-refractivity contribution in [3.8, 4) is 0 Å². The van der Waals surface area contributed by atoms with E-state index in [1.54, 1.807) is 0 Å². The van der Waals surface area contributed by atoms with E-state index in [-0.39, 0.29) is 35.8 Å². The minimum atomic E-state index is -0.755. The van der Waals surface area contributed by atoms with Crippen LogP contribution < -0.4 is 16.2 Å². The molecular weight excluding hydrogens is 274 g/mol. The first-order chi connectivity index (χ1) is 10.0. The molecule has 7 heteroatoms. The molecule has 21 heavy (non-hydrogen) atoms. The van der Waals surface area contributed by atoms with Gasteiger partial charge in [0.25, 0.3) is 11.5 Å². The number of hydrogen-bond donors (Lipinski definition) is 2. The van der Waals surface area contributed by atoms with Crippen molar-refractivity contribution in [1.29, 1.82) is 0 Å². The Morgan fingerprint density at radius 2 is 1.95 bits per heavy atom. The summed E-state index contributed by atoms with van der Waals surface area (Å²) in [5.74, 6) is -1.22. The van der Waals surface area contributed by atoms with Crippen molar-refractivity contribution in [2.75, 3.05) is 7.05 Å². The number of nitrogens with zero attached hydrogens (tertiary/aromatic N) is 1. The third kappa shape index (κ3) is 3.77. The molecule has 114 valence electrons. The van der Waals surface area contributed by atoms with E-state index in [1.807, 2.05) is 13.8 Å². The summed E-state index contributed by atoms with van der Waals surface area (Å²) >= 11 is 0. The number of piperidine rings is 1. The van der Waals surface area contributed by atoms with Crippen LogP contribution in [0, 0.1) is 0 Å². The third-order valence-corrected chi connectivity index (χ3v) is 2.97. The van der Waals surface area contributed by atoms with Gasteiger partial charge < -0.3 is 9.88 Å². The summed E-state index contributed by atoms with van der Waals surface area (Å²) in [6.07, 6.45) is 1.76. The van der Waals surface area contributed by atoms with Gasteiger partial charge in [-0.05, 0) is 12.5 Å². The predicted octanol–water partition coefficient (Wildman–Crippen LogP) is 0.212. The molecular formula is C14H19N3O4. The van der Waals surface area contributed by atoms with Gasteiger partial charge in [-0.2, -0.15) is 0 Å². The SMILES string of the molecule is CC.CNC(=O)c1ccc(=O)n(C2CCC(=O)NC2=O)c1. The van der Waals surface area contributed by atoms with E-state index < -0.39 is 11.9 Å². The average molecular weight is 293 g/mol. The Morgan fingerprint density at radius 1 is 1.29 bits per heavy atom. The van der Waals surface area contributed by atoms with Gasteiger partial charge in [0.05, 0.1) is 5.56 Å². The Hall–Kier alpha value is -2.44. The van der Waals surface area contributed by atoms with Gasteiger partial charge in [-0.15, -0.1) is 0 Å². The lowest BCUT2D eigenvalue weighted by molar-refractivity contribution is -0.135. The molecule has 2 rings (SSSR count). The van der Waals surface area contributed by atoms with E-state index in [0.717, 1.165) is 0 Å². The fourth-order valence-electron chi connectivity index (χ4n) is 1.97. The minimum absolute atomic E-state index is 0.174. The molecule has 7 nitrogen and oxygen atoms in total. The highest BCUT2D eigenvalue weighted by molar-refractivity contribution is 5.99. The number of hydrogen-bond acceptors (Lipinski definition) is 4. The maximum absolute atomic E-state index is 11.8. The number of amides is 3. The molecule has 0 saturated carbocycles. The topological polar surface area (TPSA) is 97.3 Å². The van der Waals surface area contributed by atoms with Crippen LogP contribution in [0.4, 0.5) is 0 Å². The van der Waals surface area contributed by atoms with E-state index in [4.69, 9.17) is 0 Å². The summed E-state index contributed by atoms with van der Waals surface area (Å²) in [5, 5.41) is 4.62. The van der Waals surface area contributed by atoms with E-state index in [0.29, 0.717) is 0 Å². The number of nitrogens with one attached hydrogen (secondary N) is 2. The summed E-state index contributed by atoms with van der Waals surface area (Å²) in [6.45, 7) is 4.00. The van der Waals surface area contributed by atoms with Crippen LogP contribution in [0.2, 0.25) is 0 Å². The van der Waals surface area contributed by atoms with Crippen molar-refractivity contribution in [3.05, 3.63) is 34.2 Å². The van der Waals surface area contributed by atoms with Crippen molar-refractivity contribution in [2.24, 2.45) is 0 Å². The lowest BCUT2D eigenvalue weighted by atomic mass is 10.1. The van der Waals surface area contributed by atoms with Crippen molar-refractivity contribution >= 4 is 17.7 Å². The zero-order chi connectivity index (χ0) is 16.0. The van der Waals surface area contributed by atoms with Gasteiger partial charge in [0.15, 0.2) is 0 Å². The van der Waals surface area contributed by atoms with Gasteiger partial charge in [0.1, 0.15) is 6.04 Å². The molecule has 2 heterocycles.